The van der Waals surface area contributed by atoms with Crippen molar-refractivity contribution in [1.82, 2.24) is 15.1 Å². The molecule has 3 nitrogen and oxygen atoms in total. The molecule has 1 N–H and O–H groups in total. The highest BCUT2D eigenvalue weighted by Gasteiger charge is 2.28. The molecule has 2 aliphatic rings. The van der Waals surface area contributed by atoms with E-state index in [1.165, 1.54) is 35.2 Å². The summed E-state index contributed by atoms with van der Waals surface area (Å²) < 4.78 is 2.03. The monoisotopic (exact) mass is 301 g/mol. The van der Waals surface area contributed by atoms with Crippen molar-refractivity contribution >= 4 is 11.6 Å². The van der Waals surface area contributed by atoms with Gasteiger partial charge in [0.1, 0.15) is 0 Å². The van der Waals surface area contributed by atoms with Crippen molar-refractivity contribution in [2.45, 2.75) is 44.2 Å². The fourth-order valence-electron chi connectivity index (χ4n) is 3.87. The number of halogens is 1. The van der Waals surface area contributed by atoms with E-state index in [0.717, 1.165) is 24.3 Å². The molecule has 0 amide bonds. The third kappa shape index (κ3) is 2.39. The van der Waals surface area contributed by atoms with Gasteiger partial charge in [-0.25, -0.2) is 0 Å². The molecule has 2 aromatic rings. The Morgan fingerprint density at radius 2 is 2.14 bits per heavy atom. The molecule has 0 bridgehead atoms. The summed E-state index contributed by atoms with van der Waals surface area (Å²) in [7, 11) is 2.05. The van der Waals surface area contributed by atoms with Crippen LogP contribution in [0.5, 0.6) is 0 Å². The lowest BCUT2D eigenvalue weighted by atomic mass is 9.92. The van der Waals surface area contributed by atoms with Crippen LogP contribution in [-0.4, -0.2) is 15.8 Å². The zero-order chi connectivity index (χ0) is 14.4. The highest BCUT2D eigenvalue weighted by atomic mass is 35.5. The molecule has 0 saturated heterocycles. The summed E-state index contributed by atoms with van der Waals surface area (Å²) in [5.74, 6) is 0. The number of nitrogens with zero attached hydrogens (tertiary/aromatic N) is 2. The first kappa shape index (κ1) is 13.4. The maximum atomic E-state index is 6.10. The first-order chi connectivity index (χ1) is 10.2. The Morgan fingerprint density at radius 3 is 3.05 bits per heavy atom. The van der Waals surface area contributed by atoms with Gasteiger partial charge in [0, 0.05) is 35.4 Å². The van der Waals surface area contributed by atoms with Crippen molar-refractivity contribution in [3.8, 4) is 0 Å². The molecule has 0 aliphatic heterocycles. The molecule has 1 aromatic carbocycles. The van der Waals surface area contributed by atoms with Crippen LogP contribution in [0.25, 0.3) is 0 Å². The lowest BCUT2D eigenvalue weighted by Crippen LogP contribution is -2.35. The zero-order valence-corrected chi connectivity index (χ0v) is 13.0. The molecular formula is C17H20ClN3. The minimum Gasteiger partial charge on any atom is -0.306 e. The van der Waals surface area contributed by atoms with E-state index in [1.54, 1.807) is 0 Å². The first-order valence-corrected chi connectivity index (χ1v) is 8.12. The Balaban J connectivity index is 1.51. The number of hydrogen-bond donors (Lipinski definition) is 1. The molecule has 0 radical (unpaired) electrons. The molecular weight excluding hydrogens is 282 g/mol. The number of rotatable bonds is 2. The fourth-order valence-corrected chi connectivity index (χ4v) is 4.06. The highest BCUT2D eigenvalue weighted by Crippen LogP contribution is 2.32. The van der Waals surface area contributed by atoms with Crippen LogP contribution < -0.4 is 5.32 Å². The Bertz CT molecular complexity index is 677. The van der Waals surface area contributed by atoms with Gasteiger partial charge in [-0.3, -0.25) is 4.68 Å². The van der Waals surface area contributed by atoms with Gasteiger partial charge in [-0.05, 0) is 55.4 Å². The summed E-state index contributed by atoms with van der Waals surface area (Å²) in [6.07, 6.45) is 7.86. The average molecular weight is 302 g/mol. The fraction of sp³-hybridized carbons (Fsp3) is 0.471. The summed E-state index contributed by atoms with van der Waals surface area (Å²) in [5, 5.41) is 9.14. The molecule has 1 heterocycles. The molecule has 21 heavy (non-hydrogen) atoms. The van der Waals surface area contributed by atoms with Gasteiger partial charge in [-0.15, -0.1) is 0 Å². The quantitative estimate of drug-likeness (QED) is 0.923. The Hall–Kier alpha value is -1.32. The normalized spacial score (nSPS) is 23.9. The van der Waals surface area contributed by atoms with Gasteiger partial charge >= 0.3 is 0 Å². The van der Waals surface area contributed by atoms with Gasteiger partial charge in [0.05, 0.1) is 6.20 Å². The van der Waals surface area contributed by atoms with Crippen LogP contribution in [0, 0.1) is 0 Å². The maximum Gasteiger partial charge on any atom is 0.0540 e. The molecule has 0 saturated carbocycles. The zero-order valence-electron chi connectivity index (χ0n) is 12.3. The molecule has 2 atom stereocenters. The van der Waals surface area contributed by atoms with Crippen LogP contribution >= 0.6 is 11.6 Å². The van der Waals surface area contributed by atoms with Crippen molar-refractivity contribution in [2.75, 3.05) is 0 Å². The molecule has 2 unspecified atom stereocenters. The van der Waals surface area contributed by atoms with Gasteiger partial charge < -0.3 is 5.32 Å². The van der Waals surface area contributed by atoms with Crippen molar-refractivity contribution in [3.05, 3.63) is 51.8 Å². The minimum absolute atomic E-state index is 0.456. The van der Waals surface area contributed by atoms with E-state index in [-0.39, 0.29) is 0 Å². The summed E-state index contributed by atoms with van der Waals surface area (Å²) in [6, 6.07) is 7.28. The van der Waals surface area contributed by atoms with Crippen LogP contribution in [0.1, 0.15) is 41.3 Å². The predicted octanol–water partition coefficient (Wildman–Crippen LogP) is 3.21. The van der Waals surface area contributed by atoms with Crippen molar-refractivity contribution in [3.63, 3.8) is 0 Å². The lowest BCUT2D eigenvalue weighted by molar-refractivity contribution is 0.397. The van der Waals surface area contributed by atoms with Gasteiger partial charge in [-0.2, -0.15) is 5.10 Å². The number of fused-ring (bicyclic) bond motifs is 2. The molecule has 1 aromatic heterocycles. The van der Waals surface area contributed by atoms with Crippen LogP contribution in [-0.2, 0) is 26.3 Å². The van der Waals surface area contributed by atoms with E-state index in [2.05, 4.69) is 29.6 Å². The first-order valence-electron chi connectivity index (χ1n) is 7.75. The van der Waals surface area contributed by atoms with E-state index in [0.29, 0.717) is 12.1 Å². The molecule has 0 fully saturated rings. The average Bonchev–Trinajstić information content (AvgIpc) is 3.03. The third-order valence-electron chi connectivity index (χ3n) is 4.91. The number of aryl methyl sites for hydroxylation is 1. The second-order valence-corrected chi connectivity index (χ2v) is 6.74. The standard InChI is InChI=1S/C17H20ClN3/c1-21-17-4-2-3-16(15(17)10-19-21)20-14-8-11-5-6-13(18)7-12(11)9-14/h5-7,10,14,16,20H,2-4,8-9H2,1H3. The molecule has 2 aliphatic carbocycles. The number of aromatic nitrogens is 2. The van der Waals surface area contributed by atoms with E-state index in [1.807, 2.05) is 16.9 Å². The van der Waals surface area contributed by atoms with Gasteiger partial charge in [0.15, 0.2) is 0 Å². The minimum atomic E-state index is 0.456. The Labute approximate surface area is 130 Å². The van der Waals surface area contributed by atoms with Crippen molar-refractivity contribution < 1.29 is 0 Å². The summed E-state index contributed by atoms with van der Waals surface area (Å²) >= 11 is 6.10. The van der Waals surface area contributed by atoms with Crippen LogP contribution in [0.2, 0.25) is 5.02 Å². The molecule has 0 spiro atoms. The van der Waals surface area contributed by atoms with Gasteiger partial charge in [-0.1, -0.05) is 17.7 Å². The maximum absolute atomic E-state index is 6.10. The summed E-state index contributed by atoms with van der Waals surface area (Å²) in [6.45, 7) is 0. The van der Waals surface area contributed by atoms with Crippen molar-refractivity contribution in [1.29, 1.82) is 0 Å². The molecule has 4 heteroatoms. The number of benzene rings is 1. The van der Waals surface area contributed by atoms with E-state index in [9.17, 15) is 0 Å². The summed E-state index contributed by atoms with van der Waals surface area (Å²) in [5.41, 5.74) is 5.65. The number of hydrogen-bond acceptors (Lipinski definition) is 2. The lowest BCUT2D eigenvalue weighted by Gasteiger charge is -2.27. The predicted molar refractivity (Wildman–Crippen MR) is 84.7 cm³/mol. The van der Waals surface area contributed by atoms with E-state index >= 15 is 0 Å². The van der Waals surface area contributed by atoms with Gasteiger partial charge in [0.25, 0.3) is 0 Å². The number of nitrogens with one attached hydrogen (secondary N) is 1. The van der Waals surface area contributed by atoms with Crippen molar-refractivity contribution in [2.24, 2.45) is 7.05 Å². The van der Waals surface area contributed by atoms with Crippen LogP contribution in [0.4, 0.5) is 0 Å². The second kappa shape index (κ2) is 5.15. The Morgan fingerprint density at radius 1 is 1.29 bits per heavy atom. The molecule has 110 valence electrons. The topological polar surface area (TPSA) is 29.9 Å². The van der Waals surface area contributed by atoms with Crippen LogP contribution in [0.15, 0.2) is 24.4 Å². The second-order valence-electron chi connectivity index (χ2n) is 6.30. The third-order valence-corrected chi connectivity index (χ3v) is 5.15. The highest BCUT2D eigenvalue weighted by molar-refractivity contribution is 6.30. The van der Waals surface area contributed by atoms with E-state index < -0.39 is 0 Å². The largest absolute Gasteiger partial charge is 0.306 e. The SMILES string of the molecule is Cn1ncc2c1CCCC2NC1Cc2ccc(Cl)cc2C1. The van der Waals surface area contributed by atoms with E-state index in [4.69, 9.17) is 11.6 Å². The Kier molecular flexibility index (Phi) is 3.27. The van der Waals surface area contributed by atoms with Crippen LogP contribution in [0.3, 0.4) is 0 Å². The smallest absolute Gasteiger partial charge is 0.0540 e. The van der Waals surface area contributed by atoms with Gasteiger partial charge in [0.2, 0.25) is 0 Å². The molecule has 4 rings (SSSR count). The summed E-state index contributed by atoms with van der Waals surface area (Å²) in [4.78, 5) is 0.